The van der Waals surface area contributed by atoms with Crippen molar-refractivity contribution in [3.8, 4) is 0 Å². The average molecular weight is 1160 g/mol. The summed E-state index contributed by atoms with van der Waals surface area (Å²) in [6.07, 6.45) is 97.9. The molecule has 0 aliphatic heterocycles. The number of para-hydroxylation sites is 2. The van der Waals surface area contributed by atoms with E-state index >= 15 is 0 Å². The minimum Gasteiger partial charge on any atom is -0.254 e. The van der Waals surface area contributed by atoms with E-state index in [9.17, 15) is 0 Å². The Kier molecular flexibility index (Phi) is 59.2. The lowest BCUT2D eigenvalue weighted by Gasteiger charge is -2.07. The lowest BCUT2D eigenvalue weighted by molar-refractivity contribution is 0.522. The maximum Gasteiger partial charge on any atom is 0.0816 e. The van der Waals surface area contributed by atoms with Crippen molar-refractivity contribution in [2.75, 3.05) is 0 Å². The highest BCUT2D eigenvalue weighted by Crippen LogP contribution is 2.25. The molecule has 0 amide bonds. The molecule has 0 bridgehead atoms. The van der Waals surface area contributed by atoms with E-state index in [2.05, 4.69) is 106 Å². The minimum atomic E-state index is 0.954. The van der Waals surface area contributed by atoms with Crippen LogP contribution in [0.2, 0.25) is 0 Å². The summed E-state index contributed by atoms with van der Waals surface area (Å²) in [6, 6.07) is 17.7. The molecule has 0 fully saturated rings. The van der Waals surface area contributed by atoms with Gasteiger partial charge in [0.15, 0.2) is 0 Å². The van der Waals surface area contributed by atoms with Crippen molar-refractivity contribution in [2.45, 2.75) is 400 Å². The maximum atomic E-state index is 5.34. The van der Waals surface area contributed by atoms with E-state index in [-0.39, 0.29) is 0 Å². The fraction of sp³-hybridized carbons (Fsp3) is 0.756. The first-order chi connectivity index (χ1) is 41.8. The Bertz CT molecular complexity index is 1790. The van der Waals surface area contributed by atoms with Crippen molar-refractivity contribution < 1.29 is 0 Å². The zero-order valence-corrected chi connectivity index (χ0v) is 56.8. The molecule has 0 saturated heterocycles. The molecule has 0 aliphatic rings. The average Bonchev–Trinajstić information content (AvgIpc) is 3.62. The summed E-state index contributed by atoms with van der Waals surface area (Å²) in [5.41, 5.74) is 5.81. The lowest BCUT2D eigenvalue weighted by atomic mass is 10.0. The van der Waals surface area contributed by atoms with Crippen LogP contribution < -0.4 is 0 Å². The molecule has 0 radical (unpaired) electrons. The second kappa shape index (κ2) is 64.5. The Morgan fingerprint density at radius 3 is 0.810 bits per heavy atom. The zero-order valence-electron chi connectivity index (χ0n) is 56.8. The molecule has 0 saturated carbocycles. The number of hydrogen-bond donors (Lipinski definition) is 0. The molecule has 2 heteroatoms. The van der Waals surface area contributed by atoms with Gasteiger partial charge in [-0.25, -0.2) is 4.99 Å². The quantitative estimate of drug-likeness (QED) is 0.0358. The fourth-order valence-electron chi connectivity index (χ4n) is 12.3. The van der Waals surface area contributed by atoms with Crippen molar-refractivity contribution in [3.63, 3.8) is 0 Å². The third-order valence-electron chi connectivity index (χ3n) is 18.0. The lowest BCUT2D eigenvalue weighted by Crippen LogP contribution is -1.97. The van der Waals surface area contributed by atoms with Gasteiger partial charge in [-0.1, -0.05) is 389 Å². The highest BCUT2D eigenvalue weighted by molar-refractivity contribution is 6.36. The summed E-state index contributed by atoms with van der Waals surface area (Å²) < 4.78 is 0. The SMILES string of the molecule is CCCCCCCCCCCCCCCCCC=CCCCc1ccccc1N=CC(C=CCCCCCCCCCCCCCCCCCCCCCC)=Nc1ccccc1CCCC=CCCCCCCCCCCCCCCCCC. The van der Waals surface area contributed by atoms with Gasteiger partial charge in [0.05, 0.1) is 23.3 Å². The second-order valence-corrected chi connectivity index (χ2v) is 26.2. The summed E-state index contributed by atoms with van der Waals surface area (Å²) in [5, 5.41) is 0. The van der Waals surface area contributed by atoms with Crippen LogP contribution in [-0.2, 0) is 12.8 Å². The van der Waals surface area contributed by atoms with E-state index in [1.807, 2.05) is 6.21 Å². The van der Waals surface area contributed by atoms with Crippen LogP contribution in [0.25, 0.3) is 0 Å². The van der Waals surface area contributed by atoms with Gasteiger partial charge in [0.2, 0.25) is 0 Å². The van der Waals surface area contributed by atoms with Gasteiger partial charge in [-0.3, -0.25) is 4.99 Å². The molecule has 0 aromatic heterocycles. The Balaban J connectivity index is 1.79. The monoisotopic (exact) mass is 1160 g/mol. The van der Waals surface area contributed by atoms with Crippen LogP contribution in [0, 0.1) is 0 Å². The van der Waals surface area contributed by atoms with Gasteiger partial charge in [-0.15, -0.1) is 0 Å². The molecule has 0 unspecified atom stereocenters. The number of rotatable bonds is 65. The van der Waals surface area contributed by atoms with Crippen LogP contribution in [0.5, 0.6) is 0 Å². The van der Waals surface area contributed by atoms with Crippen LogP contribution in [0.4, 0.5) is 11.4 Å². The van der Waals surface area contributed by atoms with Crippen LogP contribution in [0.1, 0.15) is 398 Å². The van der Waals surface area contributed by atoms with E-state index in [0.717, 1.165) is 62.0 Å². The molecule has 84 heavy (non-hydrogen) atoms. The molecule has 0 spiro atoms. The minimum absolute atomic E-state index is 0.954. The number of aliphatic imine (C=N–C) groups is 2. The van der Waals surface area contributed by atoms with Crippen molar-refractivity contribution in [1.29, 1.82) is 0 Å². The Labute approximate surface area is 526 Å². The fourth-order valence-corrected chi connectivity index (χ4v) is 12.3. The van der Waals surface area contributed by atoms with Gasteiger partial charge < -0.3 is 0 Å². The summed E-state index contributed by atoms with van der Waals surface area (Å²) in [7, 11) is 0. The van der Waals surface area contributed by atoms with Crippen molar-refractivity contribution in [3.05, 3.63) is 96.1 Å². The molecule has 2 nitrogen and oxygen atoms in total. The Hall–Kier alpha value is -3.00. The highest BCUT2D eigenvalue weighted by Gasteiger charge is 2.05. The van der Waals surface area contributed by atoms with Gasteiger partial charge in [0, 0.05) is 0 Å². The predicted octanol–water partition coefficient (Wildman–Crippen LogP) is 29.2. The van der Waals surface area contributed by atoms with Crippen molar-refractivity contribution >= 4 is 23.3 Å². The van der Waals surface area contributed by atoms with E-state index in [0.29, 0.717) is 0 Å². The van der Waals surface area contributed by atoms with E-state index in [4.69, 9.17) is 9.98 Å². The molecule has 0 aliphatic carbocycles. The van der Waals surface area contributed by atoms with Crippen molar-refractivity contribution in [2.24, 2.45) is 9.98 Å². The zero-order chi connectivity index (χ0) is 59.6. The molecule has 0 N–H and O–H groups in total. The topological polar surface area (TPSA) is 24.7 Å². The second-order valence-electron chi connectivity index (χ2n) is 26.2. The Morgan fingerprint density at radius 2 is 0.500 bits per heavy atom. The van der Waals surface area contributed by atoms with Gasteiger partial charge in [0.25, 0.3) is 0 Å². The summed E-state index contributed by atoms with van der Waals surface area (Å²) in [5.74, 6) is 0. The van der Waals surface area contributed by atoms with Crippen LogP contribution in [0.3, 0.4) is 0 Å². The summed E-state index contributed by atoms with van der Waals surface area (Å²) in [4.78, 5) is 10.5. The first-order valence-electron chi connectivity index (χ1n) is 38.0. The van der Waals surface area contributed by atoms with Gasteiger partial charge in [0.1, 0.15) is 0 Å². The molecular weight excluding hydrogens is 1010 g/mol. The molecule has 0 heterocycles. The molecule has 2 aromatic carbocycles. The number of allylic oxidation sites excluding steroid dienone is 6. The highest BCUT2D eigenvalue weighted by atomic mass is 14.8. The molecule has 0 atom stereocenters. The largest absolute Gasteiger partial charge is 0.254 e. The van der Waals surface area contributed by atoms with E-state index < -0.39 is 0 Å². The normalized spacial score (nSPS) is 12.3. The number of nitrogens with zero attached hydrogens (tertiary/aromatic N) is 2. The number of benzene rings is 2. The third-order valence-corrected chi connectivity index (χ3v) is 18.0. The van der Waals surface area contributed by atoms with Crippen molar-refractivity contribution in [1.82, 2.24) is 0 Å². The summed E-state index contributed by atoms with van der Waals surface area (Å²) >= 11 is 0. The van der Waals surface area contributed by atoms with E-state index in [1.54, 1.807) is 0 Å². The molecular formula is C82H142N2. The van der Waals surface area contributed by atoms with Gasteiger partial charge in [-0.2, -0.15) is 0 Å². The Morgan fingerprint density at radius 1 is 0.262 bits per heavy atom. The van der Waals surface area contributed by atoms with Crippen LogP contribution in [0.15, 0.2) is 95.0 Å². The number of unbranched alkanes of at least 4 members (excludes halogenated alkanes) is 52. The smallest absolute Gasteiger partial charge is 0.0816 e. The summed E-state index contributed by atoms with van der Waals surface area (Å²) in [6.45, 7) is 6.93. The number of hydrogen-bond acceptors (Lipinski definition) is 2. The third kappa shape index (κ3) is 52.2. The first kappa shape index (κ1) is 77.1. The maximum absolute atomic E-state index is 5.34. The van der Waals surface area contributed by atoms with Gasteiger partial charge >= 0.3 is 0 Å². The van der Waals surface area contributed by atoms with Crippen LogP contribution in [-0.4, -0.2) is 11.9 Å². The standard InChI is InChI=1S/C82H142N2/c1-4-7-10-13-16-19-22-25-28-31-34-37-38-41-44-47-50-53-56-59-62-65-74-80(84-82-76-69-67-73-79(82)71-64-61-58-55-52-49-46-43-40-36-33-30-27-24-21-18-15-12-9-6-3)77-83-81-75-68-66-72-78(81)70-63-60-57-54-51-48-45-42-39-35-32-29-26-23-20-17-14-11-8-5-2/h54-55,57-58,65-69,72-77H,4-53,56,59-64,70-71H2,1-3H3. The van der Waals surface area contributed by atoms with Gasteiger partial charge in [-0.05, 0) is 106 Å². The van der Waals surface area contributed by atoms with Crippen LogP contribution >= 0.6 is 0 Å². The van der Waals surface area contributed by atoms with E-state index in [1.165, 1.54) is 345 Å². The predicted molar refractivity (Wildman–Crippen MR) is 383 cm³/mol. The molecule has 2 aromatic rings. The first-order valence-corrected chi connectivity index (χ1v) is 38.0. The molecule has 2 rings (SSSR count). The number of aryl methyl sites for hydroxylation is 2. The molecule has 480 valence electrons.